The largest absolute Gasteiger partial charge is 0.447 e. The van der Waals surface area contributed by atoms with Crippen molar-refractivity contribution >= 4 is 6.09 Å². The van der Waals surface area contributed by atoms with E-state index in [4.69, 9.17) is 14.2 Å². The lowest BCUT2D eigenvalue weighted by molar-refractivity contribution is -0.680. The van der Waals surface area contributed by atoms with Crippen LogP contribution in [0.4, 0.5) is 4.79 Å². The molecule has 0 spiro atoms. The molecule has 2 heterocycles. The van der Waals surface area contributed by atoms with Crippen LogP contribution < -0.4 is 4.57 Å². The Morgan fingerprint density at radius 2 is 1.49 bits per heavy atom. The van der Waals surface area contributed by atoms with Gasteiger partial charge >= 0.3 is 6.09 Å². The van der Waals surface area contributed by atoms with Crippen molar-refractivity contribution in [2.75, 3.05) is 33.5 Å². The third-order valence-electron chi connectivity index (χ3n) is 7.93. The summed E-state index contributed by atoms with van der Waals surface area (Å²) in [5, 5.41) is 0. The highest BCUT2D eigenvalue weighted by Crippen LogP contribution is 2.21. The van der Waals surface area contributed by atoms with Gasteiger partial charge in [0.15, 0.2) is 6.20 Å². The fraction of sp³-hybridized carbons (Fsp3) is 0.818. The van der Waals surface area contributed by atoms with E-state index in [-0.39, 0.29) is 12.2 Å². The first-order valence-electron chi connectivity index (χ1n) is 16.1. The van der Waals surface area contributed by atoms with Crippen molar-refractivity contribution < 1.29 is 23.6 Å². The van der Waals surface area contributed by atoms with Crippen LogP contribution in [0.2, 0.25) is 0 Å². The molecule has 1 aromatic rings. The maximum atomic E-state index is 12.4. The Morgan fingerprint density at radius 1 is 0.897 bits per heavy atom. The molecule has 0 radical (unpaired) electrons. The number of amides is 1. The molecule has 1 aliphatic heterocycles. The van der Waals surface area contributed by atoms with Crippen molar-refractivity contribution in [1.29, 1.82) is 0 Å². The quantitative estimate of drug-likeness (QED) is 0.104. The van der Waals surface area contributed by atoms with E-state index >= 15 is 0 Å². The molecule has 0 aromatic carbocycles. The molecule has 0 N–H and O–H groups in total. The number of pyridine rings is 1. The average molecular weight is 548 g/mol. The lowest BCUT2D eigenvalue weighted by atomic mass is 10.0. The number of aryl methyl sites for hydroxylation is 1. The molecule has 0 bridgehead atoms. The first-order chi connectivity index (χ1) is 19.1. The van der Waals surface area contributed by atoms with E-state index in [1.807, 2.05) is 36.0 Å². The van der Waals surface area contributed by atoms with Crippen molar-refractivity contribution in [3.63, 3.8) is 0 Å². The van der Waals surface area contributed by atoms with Gasteiger partial charge in [0, 0.05) is 31.7 Å². The smallest absolute Gasteiger partial charge is 0.410 e. The van der Waals surface area contributed by atoms with Gasteiger partial charge in [-0.25, -0.2) is 9.36 Å². The maximum Gasteiger partial charge on any atom is 0.410 e. The molecule has 0 saturated carbocycles. The van der Waals surface area contributed by atoms with Crippen molar-refractivity contribution in [2.24, 2.45) is 13.0 Å². The number of carbonyl (C=O) groups is 1. The van der Waals surface area contributed by atoms with Gasteiger partial charge in [-0.2, -0.15) is 0 Å². The fourth-order valence-corrected chi connectivity index (χ4v) is 5.32. The summed E-state index contributed by atoms with van der Waals surface area (Å²) in [6.07, 6.45) is 24.7. The molecule has 1 aromatic heterocycles. The predicted octanol–water partition coefficient (Wildman–Crippen LogP) is 7.76. The minimum Gasteiger partial charge on any atom is -0.447 e. The average Bonchev–Trinajstić information content (AvgIpc) is 3.40. The topological polar surface area (TPSA) is 51.9 Å². The van der Waals surface area contributed by atoms with Crippen molar-refractivity contribution in [3.8, 4) is 0 Å². The maximum absolute atomic E-state index is 12.4. The second kappa shape index (κ2) is 22.1. The molecule has 6 heteroatoms. The van der Waals surface area contributed by atoms with Gasteiger partial charge < -0.3 is 19.1 Å². The zero-order valence-corrected chi connectivity index (χ0v) is 25.5. The first kappa shape index (κ1) is 33.5. The van der Waals surface area contributed by atoms with E-state index in [0.29, 0.717) is 25.7 Å². The number of hydrogen-bond acceptors (Lipinski definition) is 4. The van der Waals surface area contributed by atoms with Crippen LogP contribution in [0.15, 0.2) is 24.4 Å². The second-order valence-corrected chi connectivity index (χ2v) is 11.7. The van der Waals surface area contributed by atoms with Crippen LogP contribution in [-0.2, 0) is 27.8 Å². The van der Waals surface area contributed by atoms with E-state index < -0.39 is 0 Å². The van der Waals surface area contributed by atoms with Gasteiger partial charge in [-0.1, -0.05) is 109 Å². The lowest BCUT2D eigenvalue weighted by Gasteiger charge is -2.17. The standard InChI is InChI=1S/C33H59N2O4/c1-4-5-6-7-8-9-10-11-12-13-14-15-16-17-18-21-24-37-27-30-25-32(38-28-30)29-39-33(36)35(3)26-31-22-19-20-23-34(31)2/h19-20,22-23,30,32H,4-18,21,24-29H2,1-3H3/q+1/t30-,32-/m1/s1. The summed E-state index contributed by atoms with van der Waals surface area (Å²) in [7, 11) is 3.74. The molecule has 39 heavy (non-hydrogen) atoms. The molecule has 1 aliphatic rings. The highest BCUT2D eigenvalue weighted by Gasteiger charge is 2.27. The molecule has 2 atom stereocenters. The molecule has 1 saturated heterocycles. The zero-order valence-electron chi connectivity index (χ0n) is 25.5. The van der Waals surface area contributed by atoms with E-state index in [1.165, 1.54) is 96.3 Å². The zero-order chi connectivity index (χ0) is 28.0. The van der Waals surface area contributed by atoms with Gasteiger partial charge in [0.1, 0.15) is 20.2 Å². The van der Waals surface area contributed by atoms with Crippen LogP contribution in [0.25, 0.3) is 0 Å². The Kier molecular flexibility index (Phi) is 19.0. The summed E-state index contributed by atoms with van der Waals surface area (Å²) in [5.41, 5.74) is 1.05. The SMILES string of the molecule is CCCCCCCCCCCCCCCCCCOC[C@@H]1CO[C@@H](COC(=O)N(C)Cc2cccc[n+]2C)C1. The van der Waals surface area contributed by atoms with E-state index in [9.17, 15) is 4.79 Å². The molecular formula is C33H59N2O4+. The van der Waals surface area contributed by atoms with Crippen LogP contribution in [-0.4, -0.2) is 50.6 Å². The summed E-state index contributed by atoms with van der Waals surface area (Å²) < 4.78 is 19.3. The minimum absolute atomic E-state index is 0.0284. The number of unbranched alkanes of at least 4 members (excludes halogenated alkanes) is 15. The number of nitrogens with zero attached hydrogens (tertiary/aromatic N) is 2. The number of carbonyl (C=O) groups excluding carboxylic acids is 1. The van der Waals surface area contributed by atoms with E-state index in [2.05, 4.69) is 6.92 Å². The summed E-state index contributed by atoms with van der Waals surface area (Å²) in [4.78, 5) is 14.0. The predicted molar refractivity (Wildman–Crippen MR) is 159 cm³/mol. The van der Waals surface area contributed by atoms with Crippen molar-refractivity contribution in [3.05, 3.63) is 30.1 Å². The highest BCUT2D eigenvalue weighted by atomic mass is 16.6. The van der Waals surface area contributed by atoms with Crippen LogP contribution in [0.5, 0.6) is 0 Å². The fourth-order valence-electron chi connectivity index (χ4n) is 5.32. The first-order valence-corrected chi connectivity index (χ1v) is 16.1. The number of aromatic nitrogens is 1. The van der Waals surface area contributed by atoms with Crippen LogP contribution >= 0.6 is 0 Å². The Balaban J connectivity index is 1.34. The summed E-state index contributed by atoms with van der Waals surface area (Å²) >= 11 is 0. The number of rotatable bonds is 23. The molecule has 1 fully saturated rings. The Hall–Kier alpha value is -1.66. The van der Waals surface area contributed by atoms with Crippen molar-refractivity contribution in [1.82, 2.24) is 4.90 Å². The molecule has 0 aliphatic carbocycles. The molecule has 2 rings (SSSR count). The molecule has 6 nitrogen and oxygen atoms in total. The highest BCUT2D eigenvalue weighted by molar-refractivity contribution is 5.67. The molecular weight excluding hydrogens is 488 g/mol. The number of hydrogen-bond donors (Lipinski definition) is 0. The third-order valence-corrected chi connectivity index (χ3v) is 7.93. The minimum atomic E-state index is -0.314. The number of ether oxygens (including phenoxy) is 3. The van der Waals surface area contributed by atoms with Gasteiger partial charge in [0.25, 0.3) is 0 Å². The summed E-state index contributed by atoms with van der Waals surface area (Å²) in [6, 6.07) is 5.96. The van der Waals surface area contributed by atoms with Crippen LogP contribution in [0.3, 0.4) is 0 Å². The van der Waals surface area contributed by atoms with Gasteiger partial charge in [-0.3, -0.25) is 0 Å². The van der Waals surface area contributed by atoms with Gasteiger partial charge in [0.05, 0.1) is 19.3 Å². The molecule has 1 amide bonds. The van der Waals surface area contributed by atoms with Crippen LogP contribution in [0, 0.1) is 5.92 Å². The summed E-state index contributed by atoms with van der Waals surface area (Å²) in [5.74, 6) is 0.399. The normalized spacial score (nSPS) is 17.0. The molecule has 224 valence electrons. The Morgan fingerprint density at radius 3 is 2.08 bits per heavy atom. The van der Waals surface area contributed by atoms with Gasteiger partial charge in [-0.15, -0.1) is 0 Å². The third kappa shape index (κ3) is 16.3. The second-order valence-electron chi connectivity index (χ2n) is 11.7. The lowest BCUT2D eigenvalue weighted by Crippen LogP contribution is -2.38. The van der Waals surface area contributed by atoms with E-state index in [1.54, 1.807) is 11.9 Å². The Labute approximate surface area is 239 Å². The monoisotopic (exact) mass is 547 g/mol. The summed E-state index contributed by atoms with van der Waals surface area (Å²) in [6.45, 7) is 5.38. The van der Waals surface area contributed by atoms with E-state index in [0.717, 1.165) is 31.7 Å². The Bertz CT molecular complexity index is 744. The molecule has 0 unspecified atom stereocenters. The van der Waals surface area contributed by atoms with Gasteiger partial charge in [-0.05, 0) is 12.8 Å². The van der Waals surface area contributed by atoms with Crippen molar-refractivity contribution in [2.45, 2.75) is 129 Å². The van der Waals surface area contributed by atoms with Gasteiger partial charge in [0.2, 0.25) is 5.69 Å². The van der Waals surface area contributed by atoms with Crippen LogP contribution in [0.1, 0.15) is 122 Å².